The molecule has 0 aromatic rings. The Morgan fingerprint density at radius 2 is 1.23 bits per heavy atom. The maximum Gasteiger partial charge on any atom is 2.00 e. The fraction of sp³-hybridized carbons (Fsp3) is 0.500. The minimum atomic E-state index is -5.17. The third-order valence-corrected chi connectivity index (χ3v) is 0. The van der Waals surface area contributed by atoms with Crippen LogP contribution in [-0.4, -0.2) is 101 Å². The van der Waals surface area contributed by atoms with Gasteiger partial charge in [-0.3, -0.25) is 8.42 Å². The molecular weight excluding hydrogens is 369 g/mol. The number of carboxylic acids is 1. The second kappa shape index (κ2) is 20.7. The quantitative estimate of drug-likeness (QED) is 0.233. The van der Waals surface area contributed by atoms with E-state index in [4.69, 9.17) is 27.4 Å². The van der Waals surface area contributed by atoms with Gasteiger partial charge in [0.25, 0.3) is 0 Å². The van der Waals surface area contributed by atoms with E-state index in [1.54, 1.807) is 0 Å². The Morgan fingerprint density at radius 1 is 1.23 bits per heavy atom. The fourth-order valence-electron chi connectivity index (χ4n) is 0. The summed E-state index contributed by atoms with van der Waals surface area (Å²) >= 11 is 0. The van der Waals surface area contributed by atoms with Crippen molar-refractivity contribution in [2.45, 2.75) is 6.92 Å². The molecule has 0 aliphatic rings. The van der Waals surface area contributed by atoms with Crippen LogP contribution in [-0.2, 0) is 15.2 Å². The third-order valence-electron chi connectivity index (χ3n) is 0. The molecule has 0 aromatic heterocycles. The molecule has 0 amide bonds. The van der Waals surface area contributed by atoms with Crippen LogP contribution in [0.5, 0.6) is 0 Å². The number of rotatable bonds is 0. The van der Waals surface area contributed by atoms with Gasteiger partial charge in [0.15, 0.2) is 0 Å². The van der Waals surface area contributed by atoms with Crippen molar-refractivity contribution in [3.63, 3.8) is 0 Å². The Morgan fingerprint density at radius 3 is 1.23 bits per heavy atom. The molecule has 0 saturated carbocycles. The summed E-state index contributed by atoms with van der Waals surface area (Å²) in [5, 5.41) is 8.89. The monoisotopic (exact) mass is 373 g/mol. The van der Waals surface area contributed by atoms with Gasteiger partial charge in [0, 0.05) is 16.4 Å². The molecule has 1 N–H and O–H groups in total. The van der Waals surface area contributed by atoms with E-state index in [0.717, 1.165) is 6.92 Å². The van der Waals surface area contributed by atoms with Gasteiger partial charge >= 0.3 is 123 Å². The molecule has 0 aromatic carbocycles. The Kier molecular flexibility index (Phi) is 57.2. The molecule has 0 bridgehead atoms. The molecule has 0 atom stereocenters. The number of hydrogen-bond donors (Lipinski definition) is 0. The van der Waals surface area contributed by atoms with Gasteiger partial charge in [-0.1, -0.05) is 0 Å². The zero-order valence-electron chi connectivity index (χ0n) is 7.22. The summed E-state index contributed by atoms with van der Waals surface area (Å²) in [5.41, 5.74) is 0. The molecule has 0 saturated heterocycles. The van der Waals surface area contributed by atoms with Gasteiger partial charge in [0.05, 0.1) is 0 Å². The van der Waals surface area contributed by atoms with Crippen LogP contribution in [0, 0.1) is 0 Å². The molecule has 0 radical (unpaired) electrons. The molecule has 0 unspecified atom stereocenters. The second-order valence-corrected chi connectivity index (χ2v) is 1.72. The minimum Gasteiger partial charge on any atom is -0.870 e. The minimum absolute atomic E-state index is 0. The van der Waals surface area contributed by atoms with Gasteiger partial charge in [0.2, 0.25) is 0 Å². The number of carboxylic acid groups (broad SMARTS) is 1. The standard InChI is InChI=1S/C2H4O2.Ba.K.Mg.H2O4S.H2O/c1-2(3)4;;;;1-5(2,3)4;/h1H3,(H,3,4);;;;(H2,1,2,3,4);1H2/q;+2;+1;+2;;/p-4. The largest absolute Gasteiger partial charge is 2.00 e. The normalized spacial score (nSPS) is 6.38. The molecule has 0 spiro atoms. The Bertz CT molecular complexity index is 169. The van der Waals surface area contributed by atoms with Gasteiger partial charge in [-0.2, -0.15) is 0 Å². The van der Waals surface area contributed by atoms with Crippen molar-refractivity contribution in [1.29, 1.82) is 0 Å². The number of carbonyl (C=O) groups excluding carboxylic acids is 1. The maximum absolute atomic E-state index is 8.89. The first-order valence-corrected chi connectivity index (χ1v) is 2.91. The first-order chi connectivity index (χ1) is 3.73. The van der Waals surface area contributed by atoms with Crippen LogP contribution >= 0.6 is 0 Å². The summed E-state index contributed by atoms with van der Waals surface area (Å²) in [4.78, 5) is 8.89. The molecule has 13 heavy (non-hydrogen) atoms. The van der Waals surface area contributed by atoms with Crippen LogP contribution in [0.4, 0.5) is 0 Å². The number of carbonyl (C=O) groups is 1. The van der Waals surface area contributed by atoms with E-state index in [1.165, 1.54) is 0 Å². The third kappa shape index (κ3) is 251. The van der Waals surface area contributed by atoms with Gasteiger partial charge in [-0.25, -0.2) is 0 Å². The smallest absolute Gasteiger partial charge is 0.870 e. The summed E-state index contributed by atoms with van der Waals surface area (Å²) in [6.07, 6.45) is 0. The predicted octanol–water partition coefficient (Wildman–Crippen LogP) is -6.52. The maximum atomic E-state index is 8.89. The van der Waals surface area contributed by atoms with Crippen molar-refractivity contribution >= 4 is 88.3 Å². The summed E-state index contributed by atoms with van der Waals surface area (Å²) < 4.78 is 34.1. The second-order valence-electron chi connectivity index (χ2n) is 0.900. The van der Waals surface area contributed by atoms with Gasteiger partial charge in [-0.15, -0.1) is 0 Å². The zero-order valence-corrected chi connectivity index (χ0v) is 17.0. The van der Waals surface area contributed by atoms with Crippen molar-refractivity contribution in [3.8, 4) is 0 Å². The molecule has 7 nitrogen and oxygen atoms in total. The Balaban J connectivity index is -0.0000000146. The number of hydrogen-bond acceptors (Lipinski definition) is 7. The average molecular weight is 373 g/mol. The molecule has 0 heterocycles. The van der Waals surface area contributed by atoms with E-state index in [0.29, 0.717) is 0 Å². The van der Waals surface area contributed by atoms with E-state index in [1.807, 2.05) is 0 Å². The van der Waals surface area contributed by atoms with Crippen LogP contribution in [0.15, 0.2) is 0 Å². The molecular formula is C2H4BaKMgO7S+. The van der Waals surface area contributed by atoms with Crippen molar-refractivity contribution < 1.29 is 84.3 Å². The van der Waals surface area contributed by atoms with Crippen LogP contribution in [0.2, 0.25) is 0 Å². The van der Waals surface area contributed by atoms with Crippen molar-refractivity contribution in [3.05, 3.63) is 0 Å². The van der Waals surface area contributed by atoms with Gasteiger partial charge in [-0.05, 0) is 6.92 Å². The van der Waals surface area contributed by atoms with E-state index in [2.05, 4.69) is 0 Å². The zero-order chi connectivity index (χ0) is 8.08. The fourth-order valence-corrected chi connectivity index (χ4v) is 0. The average Bonchev–Trinajstić information content (AvgIpc) is 1.19. The van der Waals surface area contributed by atoms with Crippen LogP contribution < -0.4 is 56.5 Å². The molecule has 0 rings (SSSR count). The van der Waals surface area contributed by atoms with Crippen molar-refractivity contribution in [1.82, 2.24) is 0 Å². The topological polar surface area (TPSA) is 150 Å². The number of aliphatic carboxylic acids is 1. The Labute approximate surface area is 175 Å². The van der Waals surface area contributed by atoms with Crippen LogP contribution in [0.25, 0.3) is 0 Å². The van der Waals surface area contributed by atoms with Gasteiger partial charge in [0.1, 0.15) is 0 Å². The van der Waals surface area contributed by atoms with Crippen molar-refractivity contribution in [2.24, 2.45) is 0 Å². The van der Waals surface area contributed by atoms with Crippen molar-refractivity contribution in [2.75, 3.05) is 0 Å². The van der Waals surface area contributed by atoms with E-state index in [9.17, 15) is 0 Å². The SMILES string of the molecule is CC(=O)[O-].O=S(=O)([O-])[O-].[Ba+2].[K+].[Mg+2].[OH-]. The molecule has 11 heteroatoms. The van der Waals surface area contributed by atoms with E-state index in [-0.39, 0.29) is 129 Å². The summed E-state index contributed by atoms with van der Waals surface area (Å²) in [6, 6.07) is 0. The van der Waals surface area contributed by atoms with Crippen LogP contribution in [0.3, 0.4) is 0 Å². The van der Waals surface area contributed by atoms with Gasteiger partial charge < -0.3 is 24.5 Å². The summed E-state index contributed by atoms with van der Waals surface area (Å²) in [7, 11) is -5.17. The Hall–Kier alpha value is 3.27. The van der Waals surface area contributed by atoms with E-state index < -0.39 is 16.4 Å². The summed E-state index contributed by atoms with van der Waals surface area (Å²) in [5.74, 6) is -1.08. The molecule has 0 fully saturated rings. The molecule has 0 aliphatic heterocycles. The summed E-state index contributed by atoms with van der Waals surface area (Å²) in [6.45, 7) is 0.972. The molecule has 0 aliphatic carbocycles. The predicted molar refractivity (Wildman–Crippen MR) is 34.6 cm³/mol. The van der Waals surface area contributed by atoms with E-state index >= 15 is 0 Å². The first-order valence-electron chi connectivity index (χ1n) is 1.57. The molecule has 64 valence electrons. The van der Waals surface area contributed by atoms with Crippen LogP contribution in [0.1, 0.15) is 6.92 Å². The first kappa shape index (κ1) is 36.0.